The van der Waals surface area contributed by atoms with Crippen LogP contribution in [0.4, 0.5) is 0 Å². The van der Waals surface area contributed by atoms with Gasteiger partial charge in [0.1, 0.15) is 10.0 Å². The number of ether oxygens (including phenoxy) is 1. The molecule has 1 aliphatic heterocycles. The molecule has 0 unspecified atom stereocenters. The SMILES string of the molecule is CC[C@@H]1CN(Cc2nnsc2Cl)CCN1CCOC. The first-order chi connectivity index (χ1) is 9.24. The van der Waals surface area contributed by atoms with Crippen LogP contribution in [0.15, 0.2) is 0 Å². The number of hydrogen-bond donors (Lipinski definition) is 0. The minimum Gasteiger partial charge on any atom is -0.383 e. The molecule has 0 bridgehead atoms. The Morgan fingerprint density at radius 1 is 1.47 bits per heavy atom. The molecule has 0 spiro atoms. The first-order valence-electron chi connectivity index (χ1n) is 6.66. The molecule has 0 amide bonds. The third-order valence-electron chi connectivity index (χ3n) is 3.63. The molecule has 19 heavy (non-hydrogen) atoms. The van der Waals surface area contributed by atoms with E-state index in [4.69, 9.17) is 16.3 Å². The maximum atomic E-state index is 6.07. The van der Waals surface area contributed by atoms with Crippen molar-refractivity contribution in [1.29, 1.82) is 0 Å². The van der Waals surface area contributed by atoms with E-state index in [1.165, 1.54) is 11.5 Å². The molecule has 7 heteroatoms. The number of methoxy groups -OCH3 is 1. The van der Waals surface area contributed by atoms with E-state index in [2.05, 4.69) is 26.3 Å². The van der Waals surface area contributed by atoms with E-state index in [1.54, 1.807) is 7.11 Å². The predicted octanol–water partition coefficient (Wildman–Crippen LogP) is 1.73. The molecule has 2 heterocycles. The fourth-order valence-corrected chi connectivity index (χ4v) is 3.11. The fourth-order valence-electron chi connectivity index (χ4n) is 2.49. The van der Waals surface area contributed by atoms with Gasteiger partial charge in [-0.1, -0.05) is 23.0 Å². The van der Waals surface area contributed by atoms with Gasteiger partial charge in [-0.05, 0) is 6.42 Å². The van der Waals surface area contributed by atoms with Crippen LogP contribution >= 0.6 is 23.1 Å². The molecule has 1 aliphatic rings. The van der Waals surface area contributed by atoms with Crippen molar-refractivity contribution < 1.29 is 4.74 Å². The zero-order valence-electron chi connectivity index (χ0n) is 11.5. The fraction of sp³-hybridized carbons (Fsp3) is 0.833. The van der Waals surface area contributed by atoms with Gasteiger partial charge in [0.25, 0.3) is 0 Å². The molecule has 1 saturated heterocycles. The Morgan fingerprint density at radius 3 is 2.95 bits per heavy atom. The zero-order chi connectivity index (χ0) is 13.7. The standard InChI is InChI=1S/C12H21ClN4OS/c1-3-10-8-16(4-5-17(10)6-7-18-2)9-11-12(13)19-15-14-11/h10H,3-9H2,1-2H3/t10-/m1/s1. The Labute approximate surface area is 123 Å². The van der Waals surface area contributed by atoms with E-state index in [0.717, 1.165) is 55.8 Å². The molecule has 1 aromatic heterocycles. The van der Waals surface area contributed by atoms with E-state index < -0.39 is 0 Å². The average Bonchev–Trinajstić information content (AvgIpc) is 2.82. The van der Waals surface area contributed by atoms with Crippen molar-refractivity contribution in [1.82, 2.24) is 19.4 Å². The highest BCUT2D eigenvalue weighted by atomic mass is 35.5. The molecule has 1 aromatic rings. The summed E-state index contributed by atoms with van der Waals surface area (Å²) in [4.78, 5) is 4.93. The van der Waals surface area contributed by atoms with Gasteiger partial charge in [0.05, 0.1) is 6.61 Å². The Kier molecular flexibility index (Phi) is 5.97. The normalized spacial score (nSPS) is 21.9. The quantitative estimate of drug-likeness (QED) is 0.801. The van der Waals surface area contributed by atoms with E-state index in [9.17, 15) is 0 Å². The van der Waals surface area contributed by atoms with E-state index in [0.29, 0.717) is 6.04 Å². The van der Waals surface area contributed by atoms with E-state index in [-0.39, 0.29) is 0 Å². The molecule has 1 fully saturated rings. The summed E-state index contributed by atoms with van der Waals surface area (Å²) >= 11 is 7.33. The summed E-state index contributed by atoms with van der Waals surface area (Å²) in [6.45, 7) is 8.06. The predicted molar refractivity (Wildman–Crippen MR) is 77.7 cm³/mol. The van der Waals surface area contributed by atoms with Crippen LogP contribution in [-0.4, -0.2) is 65.3 Å². The number of aromatic nitrogens is 2. The minimum atomic E-state index is 0.592. The molecule has 0 aromatic carbocycles. The van der Waals surface area contributed by atoms with Gasteiger partial charge >= 0.3 is 0 Å². The molecular weight excluding hydrogens is 284 g/mol. The lowest BCUT2D eigenvalue weighted by molar-refractivity contribution is 0.0460. The number of halogens is 1. The highest BCUT2D eigenvalue weighted by molar-refractivity contribution is 7.10. The molecule has 0 aliphatic carbocycles. The summed E-state index contributed by atoms with van der Waals surface area (Å²) in [7, 11) is 1.76. The van der Waals surface area contributed by atoms with Gasteiger partial charge < -0.3 is 4.74 Å². The van der Waals surface area contributed by atoms with Crippen LogP contribution in [0.5, 0.6) is 0 Å². The van der Waals surface area contributed by atoms with Crippen molar-refractivity contribution >= 4 is 23.1 Å². The Hall–Kier alpha value is -0.270. The molecule has 0 N–H and O–H groups in total. The van der Waals surface area contributed by atoms with Crippen molar-refractivity contribution in [2.75, 3.05) is 39.9 Å². The Balaban J connectivity index is 1.88. The van der Waals surface area contributed by atoms with Crippen molar-refractivity contribution in [3.63, 3.8) is 0 Å². The van der Waals surface area contributed by atoms with Crippen LogP contribution in [-0.2, 0) is 11.3 Å². The summed E-state index contributed by atoms with van der Waals surface area (Å²) < 4.78 is 9.78. The highest BCUT2D eigenvalue weighted by Crippen LogP contribution is 2.21. The Bertz CT molecular complexity index is 390. The van der Waals surface area contributed by atoms with Gasteiger partial charge in [-0.15, -0.1) is 5.10 Å². The lowest BCUT2D eigenvalue weighted by Gasteiger charge is -2.40. The summed E-state index contributed by atoms with van der Waals surface area (Å²) in [6.07, 6.45) is 1.16. The molecule has 5 nitrogen and oxygen atoms in total. The number of hydrogen-bond acceptors (Lipinski definition) is 6. The summed E-state index contributed by atoms with van der Waals surface area (Å²) in [5.74, 6) is 0. The maximum absolute atomic E-state index is 6.07. The minimum absolute atomic E-state index is 0.592. The van der Waals surface area contributed by atoms with Crippen LogP contribution in [0.2, 0.25) is 4.34 Å². The van der Waals surface area contributed by atoms with Crippen LogP contribution < -0.4 is 0 Å². The van der Waals surface area contributed by atoms with Gasteiger partial charge in [0.15, 0.2) is 0 Å². The van der Waals surface area contributed by atoms with Crippen LogP contribution in [0.25, 0.3) is 0 Å². The first-order valence-corrected chi connectivity index (χ1v) is 7.81. The third kappa shape index (κ3) is 4.10. The van der Waals surface area contributed by atoms with Crippen molar-refractivity contribution in [2.45, 2.75) is 25.9 Å². The number of piperazine rings is 1. The second-order valence-corrected chi connectivity index (χ2v) is 6.18. The van der Waals surface area contributed by atoms with Crippen molar-refractivity contribution in [2.24, 2.45) is 0 Å². The van der Waals surface area contributed by atoms with Gasteiger partial charge in [0, 0.05) is 57.4 Å². The van der Waals surface area contributed by atoms with E-state index >= 15 is 0 Å². The third-order valence-corrected chi connectivity index (χ3v) is 4.61. The first kappa shape index (κ1) is 15.1. The van der Waals surface area contributed by atoms with Gasteiger partial charge in [-0.25, -0.2) is 0 Å². The van der Waals surface area contributed by atoms with Gasteiger partial charge in [-0.3, -0.25) is 9.80 Å². The lowest BCUT2D eigenvalue weighted by Crippen LogP contribution is -2.53. The van der Waals surface area contributed by atoms with Crippen LogP contribution in [0, 0.1) is 0 Å². The smallest absolute Gasteiger partial charge is 0.138 e. The molecule has 1 atom stereocenters. The second kappa shape index (κ2) is 7.50. The zero-order valence-corrected chi connectivity index (χ0v) is 13.1. The van der Waals surface area contributed by atoms with Crippen molar-refractivity contribution in [3.05, 3.63) is 10.0 Å². The van der Waals surface area contributed by atoms with Crippen LogP contribution in [0.1, 0.15) is 19.0 Å². The number of nitrogens with zero attached hydrogens (tertiary/aromatic N) is 4. The topological polar surface area (TPSA) is 41.5 Å². The summed E-state index contributed by atoms with van der Waals surface area (Å²) in [5.41, 5.74) is 0.909. The monoisotopic (exact) mass is 304 g/mol. The van der Waals surface area contributed by atoms with Gasteiger partial charge in [0.2, 0.25) is 0 Å². The average molecular weight is 305 g/mol. The molecule has 108 valence electrons. The summed E-state index contributed by atoms with van der Waals surface area (Å²) in [6, 6.07) is 0.592. The van der Waals surface area contributed by atoms with Crippen LogP contribution in [0.3, 0.4) is 0 Å². The van der Waals surface area contributed by atoms with Gasteiger partial charge in [-0.2, -0.15) is 0 Å². The van der Waals surface area contributed by atoms with E-state index in [1.807, 2.05) is 0 Å². The Morgan fingerprint density at radius 2 is 2.32 bits per heavy atom. The highest BCUT2D eigenvalue weighted by Gasteiger charge is 2.26. The molecule has 2 rings (SSSR count). The summed E-state index contributed by atoms with van der Waals surface area (Å²) in [5, 5.41) is 4.09. The largest absolute Gasteiger partial charge is 0.383 e. The molecular formula is C12H21ClN4OS. The molecule has 0 saturated carbocycles. The lowest BCUT2D eigenvalue weighted by atomic mass is 10.1. The second-order valence-electron chi connectivity index (χ2n) is 4.82. The van der Waals surface area contributed by atoms with Crippen molar-refractivity contribution in [3.8, 4) is 0 Å². The maximum Gasteiger partial charge on any atom is 0.138 e. The molecule has 0 radical (unpaired) electrons. The number of rotatable bonds is 6.